The van der Waals surface area contributed by atoms with Gasteiger partial charge in [-0.15, -0.1) is 0 Å². The van der Waals surface area contributed by atoms with E-state index >= 15 is 0 Å². The van der Waals surface area contributed by atoms with Crippen LogP contribution in [-0.4, -0.2) is 36.2 Å². The fraction of sp³-hybridized carbons (Fsp3) is 0.571. The van der Waals surface area contributed by atoms with E-state index < -0.39 is 6.09 Å². The Bertz CT molecular complexity index is 498. The number of rotatable bonds is 7. The molecule has 0 aromatic carbocycles. The van der Waals surface area contributed by atoms with Crippen LogP contribution >= 0.6 is 23.2 Å². The largest absolute Gasteiger partial charge is 0.450 e. The lowest BCUT2D eigenvalue weighted by molar-refractivity contribution is 0.0940. The first kappa shape index (κ1) is 18.6. The van der Waals surface area contributed by atoms with E-state index in [1.807, 2.05) is 13.8 Å². The van der Waals surface area contributed by atoms with Crippen LogP contribution in [0.2, 0.25) is 10.2 Å². The smallest absolute Gasteiger partial charge is 0.407 e. The highest BCUT2D eigenvalue weighted by molar-refractivity contribution is 6.41. The van der Waals surface area contributed by atoms with Crippen molar-refractivity contribution in [1.29, 1.82) is 0 Å². The van der Waals surface area contributed by atoms with Gasteiger partial charge in [0.15, 0.2) is 0 Å². The summed E-state index contributed by atoms with van der Waals surface area (Å²) in [6, 6.07) is 1.24. The van der Waals surface area contributed by atoms with Crippen molar-refractivity contribution in [3.05, 3.63) is 21.9 Å². The van der Waals surface area contributed by atoms with Gasteiger partial charge in [0, 0.05) is 12.6 Å². The van der Waals surface area contributed by atoms with Gasteiger partial charge in [-0.3, -0.25) is 4.79 Å². The third kappa shape index (κ3) is 6.15. The lowest BCUT2D eigenvalue weighted by Crippen LogP contribution is -2.44. The molecule has 0 aliphatic rings. The third-order valence-corrected chi connectivity index (χ3v) is 3.53. The normalized spacial score (nSPS) is 12.1. The first-order chi connectivity index (χ1) is 10.3. The van der Waals surface area contributed by atoms with Crippen LogP contribution in [0.25, 0.3) is 0 Å². The number of alkyl carbamates (subject to hydrolysis) is 1. The molecule has 2 amide bonds. The SMILES string of the molecule is CCOC(=O)NC(CNC(=O)c1cc(Cl)c(Cl)[nH]1)CC(C)C. The van der Waals surface area contributed by atoms with E-state index in [0.717, 1.165) is 0 Å². The Kier molecular flexibility index (Phi) is 7.55. The first-order valence-corrected chi connectivity index (χ1v) is 7.84. The maximum absolute atomic E-state index is 12.0. The molecule has 0 radical (unpaired) electrons. The van der Waals surface area contributed by atoms with E-state index in [1.165, 1.54) is 6.07 Å². The Labute approximate surface area is 139 Å². The predicted octanol–water partition coefficient (Wildman–Crippen LogP) is 3.21. The zero-order valence-electron chi connectivity index (χ0n) is 12.8. The quantitative estimate of drug-likeness (QED) is 0.706. The standard InChI is InChI=1S/C14H21Cl2N3O3/c1-4-22-14(21)18-9(5-8(2)3)7-17-13(20)11-6-10(15)12(16)19-11/h6,8-9,19H,4-5,7H2,1-3H3,(H,17,20)(H,18,21). The number of nitrogens with one attached hydrogen (secondary N) is 3. The maximum Gasteiger partial charge on any atom is 0.407 e. The Hall–Kier alpha value is -1.40. The number of H-pyrrole nitrogens is 1. The minimum atomic E-state index is -0.492. The fourth-order valence-corrected chi connectivity index (χ4v) is 2.25. The Balaban J connectivity index is 2.57. The predicted molar refractivity (Wildman–Crippen MR) is 86.5 cm³/mol. The molecule has 0 spiro atoms. The van der Waals surface area contributed by atoms with Crippen molar-refractivity contribution >= 4 is 35.2 Å². The van der Waals surface area contributed by atoms with Gasteiger partial charge in [0.05, 0.1) is 11.6 Å². The number of hydrogen-bond acceptors (Lipinski definition) is 3. The van der Waals surface area contributed by atoms with Crippen molar-refractivity contribution in [1.82, 2.24) is 15.6 Å². The molecular formula is C14H21Cl2N3O3. The summed E-state index contributed by atoms with van der Waals surface area (Å²) in [7, 11) is 0. The number of aromatic amines is 1. The summed E-state index contributed by atoms with van der Waals surface area (Å²) in [6.07, 6.45) is 0.221. The van der Waals surface area contributed by atoms with Crippen molar-refractivity contribution in [2.75, 3.05) is 13.2 Å². The van der Waals surface area contributed by atoms with E-state index in [0.29, 0.717) is 18.9 Å². The summed E-state index contributed by atoms with van der Waals surface area (Å²) in [6.45, 7) is 6.38. The van der Waals surface area contributed by atoms with Crippen LogP contribution in [-0.2, 0) is 4.74 Å². The van der Waals surface area contributed by atoms with Gasteiger partial charge in [0.25, 0.3) is 5.91 Å². The molecular weight excluding hydrogens is 329 g/mol. The molecule has 0 aliphatic heterocycles. The van der Waals surface area contributed by atoms with Gasteiger partial charge >= 0.3 is 6.09 Å². The van der Waals surface area contributed by atoms with Gasteiger partial charge < -0.3 is 20.4 Å². The second kappa shape index (κ2) is 8.90. The van der Waals surface area contributed by atoms with Crippen molar-refractivity contribution in [2.45, 2.75) is 33.2 Å². The number of carbonyl (C=O) groups is 2. The molecule has 8 heteroatoms. The Morgan fingerprint density at radius 3 is 2.55 bits per heavy atom. The summed E-state index contributed by atoms with van der Waals surface area (Å²) in [4.78, 5) is 26.2. The van der Waals surface area contributed by atoms with Crippen LogP contribution in [0.4, 0.5) is 4.79 Å². The third-order valence-electron chi connectivity index (χ3n) is 2.83. The molecule has 1 unspecified atom stereocenters. The summed E-state index contributed by atoms with van der Waals surface area (Å²) in [5.74, 6) is 0.0198. The topological polar surface area (TPSA) is 83.2 Å². The second-order valence-electron chi connectivity index (χ2n) is 5.25. The number of amides is 2. The number of hydrogen-bond donors (Lipinski definition) is 3. The molecule has 0 aliphatic carbocycles. The molecule has 0 saturated heterocycles. The second-order valence-corrected chi connectivity index (χ2v) is 6.03. The van der Waals surface area contributed by atoms with Gasteiger partial charge in [-0.05, 0) is 25.3 Å². The first-order valence-electron chi connectivity index (χ1n) is 7.09. The lowest BCUT2D eigenvalue weighted by Gasteiger charge is -2.20. The molecule has 6 nitrogen and oxygen atoms in total. The van der Waals surface area contributed by atoms with E-state index in [1.54, 1.807) is 6.92 Å². The van der Waals surface area contributed by atoms with Crippen molar-refractivity contribution in [3.63, 3.8) is 0 Å². The molecule has 0 bridgehead atoms. The minimum Gasteiger partial charge on any atom is -0.450 e. The van der Waals surface area contributed by atoms with E-state index in [4.69, 9.17) is 27.9 Å². The Morgan fingerprint density at radius 1 is 1.36 bits per heavy atom. The summed E-state index contributed by atoms with van der Waals surface area (Å²) in [5.41, 5.74) is 0.273. The van der Waals surface area contributed by atoms with Crippen LogP contribution in [0.5, 0.6) is 0 Å². The van der Waals surface area contributed by atoms with Crippen molar-refractivity contribution < 1.29 is 14.3 Å². The maximum atomic E-state index is 12.0. The average Bonchev–Trinajstić information content (AvgIpc) is 2.75. The molecule has 1 heterocycles. The molecule has 3 N–H and O–H groups in total. The molecule has 0 fully saturated rings. The lowest BCUT2D eigenvalue weighted by atomic mass is 10.0. The van der Waals surface area contributed by atoms with Crippen LogP contribution in [0.3, 0.4) is 0 Å². The van der Waals surface area contributed by atoms with Crippen molar-refractivity contribution in [2.24, 2.45) is 5.92 Å². The molecule has 1 aromatic rings. The van der Waals surface area contributed by atoms with Gasteiger partial charge in [0.1, 0.15) is 10.8 Å². The summed E-state index contributed by atoms with van der Waals surface area (Å²) >= 11 is 11.6. The molecule has 124 valence electrons. The van der Waals surface area contributed by atoms with Gasteiger partial charge in [0.2, 0.25) is 0 Å². The van der Waals surface area contributed by atoms with E-state index in [9.17, 15) is 9.59 Å². The van der Waals surface area contributed by atoms with Gasteiger partial charge in [-0.25, -0.2) is 4.79 Å². The van der Waals surface area contributed by atoms with Gasteiger partial charge in [-0.2, -0.15) is 0 Å². The number of carbonyl (C=O) groups excluding carboxylic acids is 2. The van der Waals surface area contributed by atoms with Crippen LogP contribution in [0.1, 0.15) is 37.7 Å². The number of halogens is 2. The van der Waals surface area contributed by atoms with Crippen molar-refractivity contribution in [3.8, 4) is 0 Å². The molecule has 0 saturated carbocycles. The highest BCUT2D eigenvalue weighted by Crippen LogP contribution is 2.21. The molecule has 1 atom stereocenters. The molecule has 1 rings (SSSR count). The fourth-order valence-electron chi connectivity index (χ4n) is 1.94. The highest BCUT2D eigenvalue weighted by Gasteiger charge is 2.17. The van der Waals surface area contributed by atoms with E-state index in [2.05, 4.69) is 15.6 Å². The summed E-state index contributed by atoms with van der Waals surface area (Å²) < 4.78 is 4.86. The zero-order valence-corrected chi connectivity index (χ0v) is 14.3. The number of aromatic nitrogens is 1. The minimum absolute atomic E-state index is 0.218. The zero-order chi connectivity index (χ0) is 16.7. The van der Waals surface area contributed by atoms with Crippen LogP contribution < -0.4 is 10.6 Å². The highest BCUT2D eigenvalue weighted by atomic mass is 35.5. The van der Waals surface area contributed by atoms with Crippen LogP contribution in [0.15, 0.2) is 6.07 Å². The average molecular weight is 350 g/mol. The molecule has 1 aromatic heterocycles. The van der Waals surface area contributed by atoms with E-state index in [-0.39, 0.29) is 34.4 Å². The van der Waals surface area contributed by atoms with Gasteiger partial charge in [-0.1, -0.05) is 37.0 Å². The Morgan fingerprint density at radius 2 is 2.05 bits per heavy atom. The van der Waals surface area contributed by atoms with Crippen LogP contribution in [0, 0.1) is 5.92 Å². The summed E-state index contributed by atoms with van der Waals surface area (Å²) in [5, 5.41) is 5.97. The monoisotopic (exact) mass is 349 g/mol. The number of ether oxygens (including phenoxy) is 1. The molecule has 22 heavy (non-hydrogen) atoms.